The summed E-state index contributed by atoms with van der Waals surface area (Å²) in [5.74, 6) is -0.714. The standard InChI is InChI=1S/C12H19F3N2O/c1-4-7-17(9-12(13,14)15)10(18)11(5-2,6-3)8-16/h4-7,9H2,1-3H3. The summed E-state index contributed by atoms with van der Waals surface area (Å²) in [6, 6.07) is 1.88. The molecule has 3 nitrogen and oxygen atoms in total. The van der Waals surface area contributed by atoms with Crippen LogP contribution in [0, 0.1) is 16.7 Å². The van der Waals surface area contributed by atoms with Crippen molar-refractivity contribution < 1.29 is 18.0 Å². The Morgan fingerprint density at radius 2 is 1.72 bits per heavy atom. The maximum absolute atomic E-state index is 12.4. The van der Waals surface area contributed by atoms with Crippen molar-refractivity contribution in [3.05, 3.63) is 0 Å². The number of hydrogen-bond acceptors (Lipinski definition) is 2. The minimum absolute atomic E-state index is 0.0156. The van der Waals surface area contributed by atoms with Crippen LogP contribution in [0.4, 0.5) is 13.2 Å². The lowest BCUT2D eigenvalue weighted by molar-refractivity contribution is -0.166. The fourth-order valence-electron chi connectivity index (χ4n) is 1.80. The normalized spacial score (nSPS) is 12.1. The highest BCUT2D eigenvalue weighted by Crippen LogP contribution is 2.29. The fraction of sp³-hybridized carbons (Fsp3) is 0.833. The van der Waals surface area contributed by atoms with Gasteiger partial charge in [-0.2, -0.15) is 18.4 Å². The number of alkyl halides is 3. The van der Waals surface area contributed by atoms with Crippen LogP contribution in [0.15, 0.2) is 0 Å². The largest absolute Gasteiger partial charge is 0.406 e. The number of rotatable bonds is 6. The van der Waals surface area contributed by atoms with Crippen LogP contribution < -0.4 is 0 Å². The van der Waals surface area contributed by atoms with Gasteiger partial charge in [-0.15, -0.1) is 0 Å². The van der Waals surface area contributed by atoms with E-state index >= 15 is 0 Å². The van der Waals surface area contributed by atoms with Gasteiger partial charge in [0.15, 0.2) is 0 Å². The number of nitrogens with zero attached hydrogens (tertiary/aromatic N) is 2. The molecule has 0 aliphatic heterocycles. The molecule has 0 heterocycles. The predicted molar refractivity (Wildman–Crippen MR) is 61.6 cm³/mol. The number of amides is 1. The smallest absolute Gasteiger partial charge is 0.332 e. The average molecular weight is 264 g/mol. The summed E-state index contributed by atoms with van der Waals surface area (Å²) in [7, 11) is 0. The van der Waals surface area contributed by atoms with Crippen LogP contribution in [-0.2, 0) is 4.79 Å². The summed E-state index contributed by atoms with van der Waals surface area (Å²) >= 11 is 0. The molecule has 6 heteroatoms. The van der Waals surface area contributed by atoms with Crippen LogP contribution in [0.1, 0.15) is 40.0 Å². The molecule has 0 aromatic heterocycles. The van der Waals surface area contributed by atoms with E-state index in [9.17, 15) is 18.0 Å². The van der Waals surface area contributed by atoms with E-state index in [-0.39, 0.29) is 19.4 Å². The maximum atomic E-state index is 12.4. The lowest BCUT2D eigenvalue weighted by Crippen LogP contribution is -2.47. The van der Waals surface area contributed by atoms with Crippen molar-refractivity contribution in [2.45, 2.75) is 46.2 Å². The predicted octanol–water partition coefficient (Wildman–Crippen LogP) is 3.12. The van der Waals surface area contributed by atoms with Gasteiger partial charge in [0.1, 0.15) is 12.0 Å². The zero-order valence-electron chi connectivity index (χ0n) is 11.0. The van der Waals surface area contributed by atoms with Crippen molar-refractivity contribution in [1.29, 1.82) is 5.26 Å². The van der Waals surface area contributed by atoms with E-state index in [1.807, 2.05) is 6.07 Å². The molecular formula is C12H19F3N2O. The Balaban J connectivity index is 5.13. The molecule has 0 aliphatic carbocycles. The van der Waals surface area contributed by atoms with Crippen molar-refractivity contribution in [1.82, 2.24) is 4.90 Å². The molecule has 18 heavy (non-hydrogen) atoms. The minimum atomic E-state index is -4.44. The lowest BCUT2D eigenvalue weighted by Gasteiger charge is -2.31. The van der Waals surface area contributed by atoms with Gasteiger partial charge in [-0.25, -0.2) is 0 Å². The van der Waals surface area contributed by atoms with Crippen molar-refractivity contribution in [3.63, 3.8) is 0 Å². The van der Waals surface area contributed by atoms with Crippen LogP contribution in [0.25, 0.3) is 0 Å². The van der Waals surface area contributed by atoms with Gasteiger partial charge in [0.05, 0.1) is 6.07 Å². The Morgan fingerprint density at radius 3 is 2.00 bits per heavy atom. The molecule has 0 N–H and O–H groups in total. The second-order valence-corrected chi connectivity index (χ2v) is 4.24. The molecule has 0 spiro atoms. The van der Waals surface area contributed by atoms with E-state index < -0.39 is 24.0 Å². The van der Waals surface area contributed by atoms with Crippen molar-refractivity contribution in [2.75, 3.05) is 13.1 Å². The number of carbonyl (C=O) groups is 1. The zero-order valence-corrected chi connectivity index (χ0v) is 11.0. The maximum Gasteiger partial charge on any atom is 0.406 e. The molecule has 0 saturated heterocycles. The highest BCUT2D eigenvalue weighted by atomic mass is 19.4. The second-order valence-electron chi connectivity index (χ2n) is 4.24. The van der Waals surface area contributed by atoms with E-state index in [4.69, 9.17) is 5.26 Å². The summed E-state index contributed by atoms with van der Waals surface area (Å²) in [6.07, 6.45) is -3.57. The summed E-state index contributed by atoms with van der Waals surface area (Å²) in [5, 5.41) is 9.08. The van der Waals surface area contributed by atoms with E-state index in [1.165, 1.54) is 0 Å². The van der Waals surface area contributed by atoms with Crippen molar-refractivity contribution in [3.8, 4) is 6.07 Å². The van der Waals surface area contributed by atoms with Crippen molar-refractivity contribution in [2.24, 2.45) is 5.41 Å². The molecule has 0 bridgehead atoms. The molecule has 0 aromatic carbocycles. The van der Waals surface area contributed by atoms with Gasteiger partial charge in [-0.3, -0.25) is 4.79 Å². The Hall–Kier alpha value is -1.25. The topological polar surface area (TPSA) is 44.1 Å². The third-order valence-corrected chi connectivity index (χ3v) is 2.98. The average Bonchev–Trinajstić information content (AvgIpc) is 2.29. The van der Waals surface area contributed by atoms with Crippen LogP contribution in [-0.4, -0.2) is 30.1 Å². The summed E-state index contributed by atoms with van der Waals surface area (Å²) in [4.78, 5) is 12.9. The first kappa shape index (κ1) is 16.8. The fourth-order valence-corrected chi connectivity index (χ4v) is 1.80. The van der Waals surface area contributed by atoms with Gasteiger partial charge in [-0.05, 0) is 19.3 Å². The number of hydrogen-bond donors (Lipinski definition) is 0. The number of nitriles is 1. The van der Waals surface area contributed by atoms with Crippen LogP contribution in [0.3, 0.4) is 0 Å². The third-order valence-electron chi connectivity index (χ3n) is 2.98. The molecule has 0 saturated carbocycles. The summed E-state index contributed by atoms with van der Waals surface area (Å²) in [6.45, 7) is 3.71. The Bertz CT molecular complexity index is 316. The lowest BCUT2D eigenvalue weighted by atomic mass is 9.82. The molecule has 1 amide bonds. The number of halogens is 3. The van der Waals surface area contributed by atoms with Crippen LogP contribution in [0.5, 0.6) is 0 Å². The SMILES string of the molecule is CCCN(CC(F)(F)F)C(=O)C(C#N)(CC)CC. The third kappa shape index (κ3) is 4.21. The molecule has 0 rings (SSSR count). The van der Waals surface area contributed by atoms with Gasteiger partial charge in [0.25, 0.3) is 0 Å². The first-order valence-corrected chi connectivity index (χ1v) is 6.03. The van der Waals surface area contributed by atoms with E-state index in [2.05, 4.69) is 0 Å². The molecule has 0 unspecified atom stereocenters. The zero-order chi connectivity index (χ0) is 14.4. The second kappa shape index (κ2) is 6.62. The molecule has 0 fully saturated rings. The molecule has 0 aromatic rings. The Labute approximate surface area is 106 Å². The van der Waals surface area contributed by atoms with E-state index in [0.717, 1.165) is 4.90 Å². The monoisotopic (exact) mass is 264 g/mol. The van der Waals surface area contributed by atoms with Gasteiger partial charge in [0, 0.05) is 6.54 Å². The summed E-state index contributed by atoms with van der Waals surface area (Å²) < 4.78 is 37.2. The van der Waals surface area contributed by atoms with E-state index in [1.54, 1.807) is 20.8 Å². The Morgan fingerprint density at radius 1 is 1.22 bits per heavy atom. The van der Waals surface area contributed by atoms with Crippen molar-refractivity contribution >= 4 is 5.91 Å². The van der Waals surface area contributed by atoms with Crippen LogP contribution >= 0.6 is 0 Å². The number of carbonyl (C=O) groups excluding carboxylic acids is 1. The highest BCUT2D eigenvalue weighted by molar-refractivity contribution is 5.85. The molecule has 0 radical (unpaired) electrons. The van der Waals surface area contributed by atoms with Gasteiger partial charge in [0.2, 0.25) is 5.91 Å². The Kier molecular flexibility index (Phi) is 6.16. The first-order valence-electron chi connectivity index (χ1n) is 6.03. The summed E-state index contributed by atoms with van der Waals surface area (Å²) in [5.41, 5.74) is -1.33. The van der Waals surface area contributed by atoms with Gasteiger partial charge in [-0.1, -0.05) is 20.8 Å². The molecular weight excluding hydrogens is 245 g/mol. The minimum Gasteiger partial charge on any atom is -0.332 e. The van der Waals surface area contributed by atoms with Gasteiger partial charge < -0.3 is 4.90 Å². The molecule has 0 atom stereocenters. The highest BCUT2D eigenvalue weighted by Gasteiger charge is 2.42. The molecule has 104 valence electrons. The van der Waals surface area contributed by atoms with E-state index in [0.29, 0.717) is 6.42 Å². The van der Waals surface area contributed by atoms with Crippen LogP contribution in [0.2, 0.25) is 0 Å². The molecule has 0 aliphatic rings. The first-order chi connectivity index (χ1) is 8.26. The quantitative estimate of drug-likeness (QED) is 0.739. The van der Waals surface area contributed by atoms with Gasteiger partial charge >= 0.3 is 6.18 Å².